The number of aromatic nitrogens is 6. The number of para-hydroxylation sites is 4. The minimum Gasteiger partial charge on any atom is -0.309 e. The highest BCUT2D eigenvalue weighted by Crippen LogP contribution is 2.40. The molecule has 9 aromatic carbocycles. The van der Waals surface area contributed by atoms with Gasteiger partial charge in [0, 0.05) is 90.6 Å². The number of fused-ring (bicyclic) bond motifs is 12. The molecule has 0 bridgehead atoms. The Balaban J connectivity index is 0.835. The summed E-state index contributed by atoms with van der Waals surface area (Å²) >= 11 is 0. The van der Waals surface area contributed by atoms with Crippen LogP contribution in [0, 0.1) is 0 Å². The van der Waals surface area contributed by atoms with Crippen LogP contribution in [-0.4, -0.2) is 28.2 Å². The Bertz CT molecular complexity index is 4220. The largest absolute Gasteiger partial charge is 0.309 e. The van der Waals surface area contributed by atoms with Crippen molar-refractivity contribution in [2.45, 2.75) is 0 Å². The average molecular weight is 893 g/mol. The lowest BCUT2D eigenvalue weighted by Gasteiger charge is -2.13. The summed E-state index contributed by atoms with van der Waals surface area (Å²) in [5, 5.41) is 9.57. The van der Waals surface area contributed by atoms with Crippen LogP contribution < -0.4 is 0 Å². The number of hydrogen-bond donors (Lipinski definition) is 0. The van der Waals surface area contributed by atoms with Crippen molar-refractivity contribution in [2.75, 3.05) is 0 Å². The highest BCUT2D eigenvalue weighted by atomic mass is 15.0. The van der Waals surface area contributed by atoms with Crippen LogP contribution >= 0.6 is 0 Å². The molecule has 6 heterocycles. The van der Waals surface area contributed by atoms with Crippen molar-refractivity contribution >= 4 is 87.2 Å². The average Bonchev–Trinajstić information content (AvgIpc) is 4.16. The third-order valence-electron chi connectivity index (χ3n) is 14.5. The van der Waals surface area contributed by atoms with Gasteiger partial charge in [0.2, 0.25) is 0 Å². The molecule has 6 aromatic heterocycles. The molecule has 0 aliphatic rings. The molecule has 6 heteroatoms. The van der Waals surface area contributed by atoms with E-state index in [4.69, 9.17) is 0 Å². The molecule has 6 nitrogen and oxygen atoms in total. The van der Waals surface area contributed by atoms with Crippen LogP contribution in [0.2, 0.25) is 0 Å². The van der Waals surface area contributed by atoms with Crippen LogP contribution in [0.1, 0.15) is 0 Å². The maximum absolute atomic E-state index is 4.65. The van der Waals surface area contributed by atoms with E-state index in [0.717, 1.165) is 88.6 Å². The second kappa shape index (κ2) is 15.0. The first kappa shape index (κ1) is 38.6. The third-order valence-corrected chi connectivity index (χ3v) is 14.5. The van der Waals surface area contributed by atoms with E-state index >= 15 is 0 Å². The van der Waals surface area contributed by atoms with Crippen LogP contribution in [0.25, 0.3) is 132 Å². The SMILES string of the molecule is c1cc(-c2ccc3c(c2)c2cnccc2n3-c2cccc(-n3c4ccncc4c4cc(-c5cccc(-n6c7ccccc7c7ccccc76)c5)ccc43)c2)cc(-n2c3ccccc3c3ccccc32)c1. The van der Waals surface area contributed by atoms with Crippen molar-refractivity contribution in [1.29, 1.82) is 0 Å². The second-order valence-corrected chi connectivity index (χ2v) is 18.3. The van der Waals surface area contributed by atoms with Crippen molar-refractivity contribution in [2.24, 2.45) is 0 Å². The fourth-order valence-corrected chi connectivity index (χ4v) is 11.5. The molecule has 0 fully saturated rings. The lowest BCUT2D eigenvalue weighted by molar-refractivity contribution is 1.13. The van der Waals surface area contributed by atoms with Gasteiger partial charge in [-0.15, -0.1) is 0 Å². The molecule has 326 valence electrons. The zero-order valence-electron chi connectivity index (χ0n) is 37.8. The van der Waals surface area contributed by atoms with Crippen molar-refractivity contribution in [3.63, 3.8) is 0 Å². The summed E-state index contributed by atoms with van der Waals surface area (Å²) in [6.07, 6.45) is 7.81. The number of nitrogens with zero attached hydrogens (tertiary/aromatic N) is 6. The molecule has 0 aliphatic carbocycles. The van der Waals surface area contributed by atoms with Gasteiger partial charge in [0.25, 0.3) is 0 Å². The van der Waals surface area contributed by atoms with Crippen LogP contribution in [-0.2, 0) is 0 Å². The maximum Gasteiger partial charge on any atom is 0.0571 e. The molecule has 0 aliphatic heterocycles. The second-order valence-electron chi connectivity index (χ2n) is 18.3. The van der Waals surface area contributed by atoms with E-state index in [9.17, 15) is 0 Å². The van der Waals surface area contributed by atoms with Crippen molar-refractivity contribution in [1.82, 2.24) is 28.2 Å². The zero-order chi connectivity index (χ0) is 45.9. The highest BCUT2D eigenvalue weighted by Gasteiger charge is 2.19. The van der Waals surface area contributed by atoms with Crippen molar-refractivity contribution < 1.29 is 0 Å². The fourth-order valence-electron chi connectivity index (χ4n) is 11.5. The quantitative estimate of drug-likeness (QED) is 0.167. The first-order valence-electron chi connectivity index (χ1n) is 23.8. The summed E-state index contributed by atoms with van der Waals surface area (Å²) in [5.41, 5.74) is 18.3. The standard InChI is InChI=1S/C64H40N6/c1-5-22-57-49(18-1)50-19-2-6-23-58(50)67(57)45-14-9-12-41(34-45)43-26-28-61-53(36-43)55-39-65-32-30-63(55)69(61)47-16-11-17-48(38-47)70-62-29-27-44(37-54(62)56-40-66-33-31-64(56)70)42-13-10-15-46(35-42)68-59-24-7-3-20-51(59)52-21-4-8-25-60(52)68/h1-40H. The molecule has 0 amide bonds. The third kappa shape index (κ3) is 5.68. The number of benzene rings is 9. The number of rotatable bonds is 6. The van der Waals surface area contributed by atoms with E-state index in [2.05, 4.69) is 247 Å². The Labute approximate surface area is 401 Å². The molecule has 15 rings (SSSR count). The molecule has 0 saturated heterocycles. The van der Waals surface area contributed by atoms with E-state index in [1.165, 1.54) is 43.6 Å². The predicted molar refractivity (Wildman–Crippen MR) is 290 cm³/mol. The zero-order valence-corrected chi connectivity index (χ0v) is 37.8. The lowest BCUT2D eigenvalue weighted by atomic mass is 10.0. The predicted octanol–water partition coefficient (Wildman–Crippen LogP) is 16.2. The summed E-state index contributed by atoms with van der Waals surface area (Å²) in [7, 11) is 0. The fraction of sp³-hybridized carbons (Fsp3) is 0. The summed E-state index contributed by atoms with van der Waals surface area (Å²) in [6, 6.07) is 79.5. The summed E-state index contributed by atoms with van der Waals surface area (Å²) in [5.74, 6) is 0. The first-order valence-corrected chi connectivity index (χ1v) is 23.8. The Hall–Kier alpha value is -9.52. The van der Waals surface area contributed by atoms with Gasteiger partial charge in [-0.05, 0) is 125 Å². The molecular weight excluding hydrogens is 853 g/mol. The normalized spacial score (nSPS) is 12.0. The van der Waals surface area contributed by atoms with Gasteiger partial charge >= 0.3 is 0 Å². The lowest BCUT2D eigenvalue weighted by Crippen LogP contribution is -1.98. The Morgan fingerprint density at radius 1 is 0.214 bits per heavy atom. The molecule has 0 unspecified atom stereocenters. The molecule has 0 saturated carbocycles. The number of pyridine rings is 2. The number of hydrogen-bond acceptors (Lipinski definition) is 2. The van der Waals surface area contributed by atoms with Crippen LogP contribution in [0.15, 0.2) is 243 Å². The van der Waals surface area contributed by atoms with Gasteiger partial charge < -0.3 is 18.3 Å². The van der Waals surface area contributed by atoms with Crippen molar-refractivity contribution in [3.05, 3.63) is 243 Å². The van der Waals surface area contributed by atoms with Gasteiger partial charge in [-0.2, -0.15) is 0 Å². The molecule has 15 aromatic rings. The summed E-state index contributed by atoms with van der Waals surface area (Å²) in [4.78, 5) is 9.29. The van der Waals surface area contributed by atoms with Crippen molar-refractivity contribution in [3.8, 4) is 45.0 Å². The monoisotopic (exact) mass is 892 g/mol. The van der Waals surface area contributed by atoms with E-state index in [-0.39, 0.29) is 0 Å². The van der Waals surface area contributed by atoms with Gasteiger partial charge in [0.05, 0.1) is 44.1 Å². The van der Waals surface area contributed by atoms with Gasteiger partial charge in [-0.25, -0.2) is 0 Å². The summed E-state index contributed by atoms with van der Waals surface area (Å²) < 4.78 is 9.53. The Morgan fingerprint density at radius 3 is 0.929 bits per heavy atom. The Kier molecular flexibility index (Phi) is 8.26. The van der Waals surface area contributed by atoms with Crippen LogP contribution in [0.3, 0.4) is 0 Å². The minimum absolute atomic E-state index is 1.08. The van der Waals surface area contributed by atoms with Gasteiger partial charge in [0.15, 0.2) is 0 Å². The van der Waals surface area contributed by atoms with Gasteiger partial charge in [-0.1, -0.05) is 115 Å². The highest BCUT2D eigenvalue weighted by molar-refractivity contribution is 6.13. The molecular formula is C64H40N6. The molecule has 0 spiro atoms. The van der Waals surface area contributed by atoms with Gasteiger partial charge in [0.1, 0.15) is 0 Å². The van der Waals surface area contributed by atoms with E-state index < -0.39 is 0 Å². The molecule has 0 radical (unpaired) electrons. The molecule has 0 N–H and O–H groups in total. The smallest absolute Gasteiger partial charge is 0.0571 e. The van der Waals surface area contributed by atoms with Crippen LogP contribution in [0.5, 0.6) is 0 Å². The van der Waals surface area contributed by atoms with E-state index in [0.29, 0.717) is 0 Å². The first-order chi connectivity index (χ1) is 34.7. The molecule has 0 atom stereocenters. The minimum atomic E-state index is 1.08. The maximum atomic E-state index is 4.65. The summed E-state index contributed by atoms with van der Waals surface area (Å²) in [6.45, 7) is 0. The van der Waals surface area contributed by atoms with Crippen LogP contribution in [0.4, 0.5) is 0 Å². The van der Waals surface area contributed by atoms with E-state index in [1.807, 2.05) is 24.8 Å². The van der Waals surface area contributed by atoms with Gasteiger partial charge in [-0.3, -0.25) is 9.97 Å². The topological polar surface area (TPSA) is 45.5 Å². The Morgan fingerprint density at radius 2 is 0.529 bits per heavy atom. The van der Waals surface area contributed by atoms with E-state index in [1.54, 1.807) is 0 Å². The molecule has 70 heavy (non-hydrogen) atoms.